The Bertz CT molecular complexity index is 689. The van der Waals surface area contributed by atoms with Gasteiger partial charge in [0.1, 0.15) is 6.04 Å². The zero-order valence-corrected chi connectivity index (χ0v) is 12.2. The van der Waals surface area contributed by atoms with Gasteiger partial charge in [-0.15, -0.1) is 0 Å². The van der Waals surface area contributed by atoms with Crippen LogP contribution in [-0.2, 0) is 11.2 Å². The van der Waals surface area contributed by atoms with Crippen molar-refractivity contribution in [3.8, 4) is 0 Å². The third-order valence-corrected chi connectivity index (χ3v) is 3.39. The first-order valence-corrected chi connectivity index (χ1v) is 6.88. The van der Waals surface area contributed by atoms with Crippen molar-refractivity contribution in [1.82, 2.24) is 4.57 Å². The summed E-state index contributed by atoms with van der Waals surface area (Å²) in [7, 11) is 0. The fourth-order valence-electron chi connectivity index (χ4n) is 2.02. The fraction of sp³-hybridized carbons (Fsp3) is 0.250. The maximum atomic E-state index is 12.2. The number of nitrogens with two attached hydrogens (primary N) is 1. The summed E-state index contributed by atoms with van der Waals surface area (Å²) in [6, 6.07) is 9.88. The minimum atomic E-state index is -0.633. The third-order valence-electron chi connectivity index (χ3n) is 3.39. The number of rotatable bonds is 4. The minimum Gasteiger partial charge on any atom is -0.398 e. The number of nitrogen functional groups attached to an aromatic ring is 1. The van der Waals surface area contributed by atoms with Crippen molar-refractivity contribution in [3.63, 3.8) is 0 Å². The largest absolute Gasteiger partial charge is 0.398 e. The maximum absolute atomic E-state index is 12.2. The van der Waals surface area contributed by atoms with Crippen LogP contribution in [0, 0.1) is 0 Å². The lowest BCUT2D eigenvalue weighted by Gasteiger charge is -2.15. The van der Waals surface area contributed by atoms with E-state index in [-0.39, 0.29) is 11.5 Å². The van der Waals surface area contributed by atoms with Crippen molar-refractivity contribution in [2.24, 2.45) is 0 Å². The van der Waals surface area contributed by atoms with Gasteiger partial charge in [-0.2, -0.15) is 0 Å². The molecule has 0 aliphatic heterocycles. The molecule has 0 aliphatic carbocycles. The summed E-state index contributed by atoms with van der Waals surface area (Å²) in [4.78, 5) is 24.0. The van der Waals surface area contributed by atoms with E-state index in [1.807, 2.05) is 24.3 Å². The number of aromatic nitrogens is 1. The molecule has 0 saturated carbocycles. The second-order valence-corrected chi connectivity index (χ2v) is 4.92. The van der Waals surface area contributed by atoms with Gasteiger partial charge in [0.2, 0.25) is 5.91 Å². The van der Waals surface area contributed by atoms with E-state index in [1.54, 1.807) is 6.92 Å². The monoisotopic (exact) mass is 285 g/mol. The molecule has 1 aromatic heterocycles. The number of hydrogen-bond acceptors (Lipinski definition) is 3. The smallest absolute Gasteiger partial charge is 0.251 e. The maximum Gasteiger partial charge on any atom is 0.251 e. The van der Waals surface area contributed by atoms with E-state index in [9.17, 15) is 9.59 Å². The van der Waals surface area contributed by atoms with E-state index < -0.39 is 6.04 Å². The fourth-order valence-corrected chi connectivity index (χ4v) is 2.02. The number of aryl methyl sites for hydroxylation is 1. The van der Waals surface area contributed by atoms with Crippen molar-refractivity contribution in [2.75, 3.05) is 11.1 Å². The quantitative estimate of drug-likeness (QED) is 0.904. The van der Waals surface area contributed by atoms with Crippen molar-refractivity contribution < 1.29 is 4.79 Å². The molecule has 1 amide bonds. The van der Waals surface area contributed by atoms with E-state index >= 15 is 0 Å². The number of carbonyl (C=O) groups excluding carboxylic acids is 1. The van der Waals surface area contributed by atoms with E-state index in [4.69, 9.17) is 5.73 Å². The molecule has 5 nitrogen and oxygen atoms in total. The highest BCUT2D eigenvalue weighted by Gasteiger charge is 2.16. The lowest BCUT2D eigenvalue weighted by atomic mass is 10.1. The molecule has 1 unspecified atom stereocenters. The van der Waals surface area contributed by atoms with Gasteiger partial charge in [0.15, 0.2) is 0 Å². The average molecular weight is 285 g/mol. The van der Waals surface area contributed by atoms with Crippen LogP contribution in [0.1, 0.15) is 25.5 Å². The average Bonchev–Trinajstić information content (AvgIpc) is 2.49. The first-order chi connectivity index (χ1) is 10.0. The van der Waals surface area contributed by atoms with Crippen LogP contribution < -0.4 is 16.6 Å². The van der Waals surface area contributed by atoms with Crippen LogP contribution in [0.25, 0.3) is 0 Å². The Labute approximate surface area is 123 Å². The second-order valence-electron chi connectivity index (χ2n) is 4.92. The molecular weight excluding hydrogens is 266 g/mol. The standard InChI is InChI=1S/C16H19N3O2/c1-3-12-4-7-14(8-5-12)18-16(21)11(2)19-10-13(17)6-9-15(19)20/h4-11H,3,17H2,1-2H3,(H,18,21). The number of benzene rings is 1. The third kappa shape index (κ3) is 3.51. The van der Waals surface area contributed by atoms with Crippen LogP contribution in [-0.4, -0.2) is 10.5 Å². The highest BCUT2D eigenvalue weighted by molar-refractivity contribution is 5.93. The molecule has 0 aliphatic rings. The molecule has 110 valence electrons. The summed E-state index contributed by atoms with van der Waals surface area (Å²) in [6.07, 6.45) is 2.43. The van der Waals surface area contributed by atoms with Gasteiger partial charge in [-0.3, -0.25) is 9.59 Å². The number of carbonyl (C=O) groups is 1. The predicted molar refractivity (Wildman–Crippen MR) is 84.3 cm³/mol. The number of hydrogen-bond donors (Lipinski definition) is 2. The van der Waals surface area contributed by atoms with Crippen molar-refractivity contribution in [1.29, 1.82) is 0 Å². The topological polar surface area (TPSA) is 77.1 Å². The molecule has 3 N–H and O–H groups in total. The summed E-state index contributed by atoms with van der Waals surface area (Å²) >= 11 is 0. The van der Waals surface area contributed by atoms with Crippen molar-refractivity contribution in [2.45, 2.75) is 26.3 Å². The Kier molecular flexibility index (Phi) is 4.42. The number of pyridine rings is 1. The van der Waals surface area contributed by atoms with Crippen molar-refractivity contribution >= 4 is 17.3 Å². The summed E-state index contributed by atoms with van der Waals surface area (Å²) in [6.45, 7) is 3.73. The minimum absolute atomic E-state index is 0.256. The molecule has 0 spiro atoms. The Balaban J connectivity index is 2.15. The molecule has 0 bridgehead atoms. The zero-order chi connectivity index (χ0) is 15.4. The van der Waals surface area contributed by atoms with Crippen LogP contribution in [0.2, 0.25) is 0 Å². The first-order valence-electron chi connectivity index (χ1n) is 6.88. The molecule has 1 aromatic carbocycles. The summed E-state index contributed by atoms with van der Waals surface area (Å²) < 4.78 is 1.32. The predicted octanol–water partition coefficient (Wildman–Crippen LogP) is 2.19. The van der Waals surface area contributed by atoms with Gasteiger partial charge >= 0.3 is 0 Å². The lowest BCUT2D eigenvalue weighted by molar-refractivity contribution is -0.118. The van der Waals surface area contributed by atoms with Gasteiger partial charge in [-0.1, -0.05) is 19.1 Å². The number of nitrogens with one attached hydrogen (secondary N) is 1. The van der Waals surface area contributed by atoms with Gasteiger partial charge in [0.25, 0.3) is 5.56 Å². The number of anilines is 2. The van der Waals surface area contributed by atoms with E-state index in [0.717, 1.165) is 6.42 Å². The highest BCUT2D eigenvalue weighted by Crippen LogP contribution is 2.13. The SMILES string of the molecule is CCc1ccc(NC(=O)C(C)n2cc(N)ccc2=O)cc1. The van der Waals surface area contributed by atoms with Gasteiger partial charge in [0.05, 0.1) is 0 Å². The Hall–Kier alpha value is -2.56. The van der Waals surface area contributed by atoms with Crippen molar-refractivity contribution in [3.05, 3.63) is 58.5 Å². The normalized spacial score (nSPS) is 11.9. The highest BCUT2D eigenvalue weighted by atomic mass is 16.2. The van der Waals surface area contributed by atoms with Gasteiger partial charge < -0.3 is 15.6 Å². The second kappa shape index (κ2) is 6.26. The van der Waals surface area contributed by atoms with E-state index in [1.165, 1.54) is 28.5 Å². The van der Waals surface area contributed by atoms with E-state index in [2.05, 4.69) is 12.2 Å². The van der Waals surface area contributed by atoms with Crippen LogP contribution in [0.15, 0.2) is 47.4 Å². The molecule has 2 rings (SSSR count). The summed E-state index contributed by atoms with van der Waals surface area (Å²) in [5.74, 6) is -0.257. The summed E-state index contributed by atoms with van der Waals surface area (Å²) in [5.41, 5.74) is 7.76. The Morgan fingerprint density at radius 1 is 1.24 bits per heavy atom. The molecule has 0 fully saturated rings. The van der Waals surface area contributed by atoms with Crippen LogP contribution >= 0.6 is 0 Å². The van der Waals surface area contributed by atoms with Crippen LogP contribution in [0.4, 0.5) is 11.4 Å². The van der Waals surface area contributed by atoms with E-state index in [0.29, 0.717) is 11.4 Å². The molecule has 5 heteroatoms. The first kappa shape index (κ1) is 14.8. The Morgan fingerprint density at radius 3 is 2.52 bits per heavy atom. The van der Waals surface area contributed by atoms with Crippen LogP contribution in [0.5, 0.6) is 0 Å². The van der Waals surface area contributed by atoms with Gasteiger partial charge in [0, 0.05) is 23.6 Å². The van der Waals surface area contributed by atoms with Gasteiger partial charge in [-0.25, -0.2) is 0 Å². The summed E-state index contributed by atoms with van der Waals surface area (Å²) in [5, 5.41) is 2.80. The molecule has 21 heavy (non-hydrogen) atoms. The molecule has 2 aromatic rings. The molecule has 1 atom stereocenters. The number of amides is 1. The molecule has 0 saturated heterocycles. The molecular formula is C16H19N3O2. The molecule has 1 heterocycles. The lowest BCUT2D eigenvalue weighted by Crippen LogP contribution is -2.31. The Morgan fingerprint density at radius 2 is 1.90 bits per heavy atom. The zero-order valence-electron chi connectivity index (χ0n) is 12.2. The van der Waals surface area contributed by atoms with Crippen LogP contribution in [0.3, 0.4) is 0 Å². The van der Waals surface area contributed by atoms with Gasteiger partial charge in [-0.05, 0) is 37.1 Å². The number of nitrogens with zero attached hydrogens (tertiary/aromatic N) is 1. The molecule has 0 radical (unpaired) electrons.